The number of benzene rings is 1. The van der Waals surface area contributed by atoms with Crippen molar-refractivity contribution in [3.63, 3.8) is 0 Å². The van der Waals surface area contributed by atoms with Gasteiger partial charge >= 0.3 is 12.1 Å². The maximum atomic E-state index is 12.6. The first-order valence-electron chi connectivity index (χ1n) is 10.6. The number of esters is 1. The smallest absolute Gasteiger partial charge is 0.458 e. The molecular formula is C23H36O5. The van der Waals surface area contributed by atoms with E-state index in [1.165, 1.54) is 5.56 Å². The molecule has 1 aromatic rings. The van der Waals surface area contributed by atoms with Crippen LogP contribution in [-0.4, -0.2) is 30.9 Å². The van der Waals surface area contributed by atoms with Crippen LogP contribution in [0.15, 0.2) is 24.3 Å². The third kappa shape index (κ3) is 7.53. The molecule has 5 nitrogen and oxygen atoms in total. The summed E-state index contributed by atoms with van der Waals surface area (Å²) in [6, 6.07) is 7.63. The Morgan fingerprint density at radius 3 is 1.96 bits per heavy atom. The number of hydrogen-bond donors (Lipinski definition) is 0. The molecule has 0 N–H and O–H groups in total. The predicted octanol–water partition coefficient (Wildman–Crippen LogP) is 5.94. The number of aryl methyl sites for hydroxylation is 1. The minimum atomic E-state index is -0.670. The van der Waals surface area contributed by atoms with Crippen LogP contribution >= 0.6 is 0 Å². The van der Waals surface area contributed by atoms with Crippen LogP contribution in [0.1, 0.15) is 82.6 Å². The van der Waals surface area contributed by atoms with Gasteiger partial charge in [-0.15, -0.1) is 0 Å². The molecule has 1 aromatic carbocycles. The van der Waals surface area contributed by atoms with Crippen LogP contribution in [0.25, 0.3) is 0 Å². The third-order valence-corrected chi connectivity index (χ3v) is 5.01. The zero-order valence-corrected chi connectivity index (χ0v) is 18.0. The average Bonchev–Trinajstić information content (AvgIpc) is 2.71. The summed E-state index contributed by atoms with van der Waals surface area (Å²) in [6.07, 6.45) is 3.99. The van der Waals surface area contributed by atoms with Crippen molar-refractivity contribution in [2.45, 2.75) is 85.4 Å². The largest absolute Gasteiger partial charge is 0.508 e. The molecule has 0 aliphatic heterocycles. The molecule has 0 spiro atoms. The molecule has 158 valence electrons. The van der Waals surface area contributed by atoms with E-state index in [0.29, 0.717) is 18.4 Å². The molecule has 0 bridgehead atoms. The van der Waals surface area contributed by atoms with Gasteiger partial charge in [-0.05, 0) is 56.7 Å². The van der Waals surface area contributed by atoms with Crippen molar-refractivity contribution in [2.24, 2.45) is 5.92 Å². The number of rotatable bonds is 12. The number of carbonyl (C=O) groups is 2. The summed E-state index contributed by atoms with van der Waals surface area (Å²) >= 11 is 0. The summed E-state index contributed by atoms with van der Waals surface area (Å²) in [4.78, 5) is 24.4. The van der Waals surface area contributed by atoms with Crippen LogP contribution < -0.4 is 0 Å². The van der Waals surface area contributed by atoms with Gasteiger partial charge < -0.3 is 14.2 Å². The lowest BCUT2D eigenvalue weighted by Crippen LogP contribution is -2.37. The van der Waals surface area contributed by atoms with Crippen LogP contribution in [0.5, 0.6) is 0 Å². The van der Waals surface area contributed by atoms with Gasteiger partial charge in [-0.2, -0.15) is 0 Å². The fourth-order valence-corrected chi connectivity index (χ4v) is 3.38. The first-order valence-corrected chi connectivity index (χ1v) is 10.6. The second-order valence-corrected chi connectivity index (χ2v) is 6.97. The Morgan fingerprint density at radius 1 is 0.857 bits per heavy atom. The van der Waals surface area contributed by atoms with Gasteiger partial charge in [0.25, 0.3) is 0 Å². The Kier molecular flexibility index (Phi) is 11.3. The molecule has 0 saturated carbocycles. The van der Waals surface area contributed by atoms with Crippen LogP contribution in [0.2, 0.25) is 0 Å². The maximum Gasteiger partial charge on any atom is 0.508 e. The van der Waals surface area contributed by atoms with E-state index in [2.05, 4.69) is 6.92 Å². The second kappa shape index (κ2) is 13.2. The standard InChI is InChI=1S/C23H36O5/c1-6-11-12-17-13-15-18(16-14-17)22(24)27-20(8-3)19(7-2)21(9-4)28-23(25)26-10-5/h13-16,19-21H,6-12H2,1-5H3. The highest BCUT2D eigenvalue weighted by molar-refractivity contribution is 5.89. The summed E-state index contributed by atoms with van der Waals surface area (Å²) in [7, 11) is 0. The molecule has 5 heteroatoms. The first-order chi connectivity index (χ1) is 13.5. The number of carbonyl (C=O) groups excluding carboxylic acids is 2. The SMILES string of the molecule is CCCCc1ccc(C(=O)OC(CC)C(CC)C(CC)OC(=O)OCC)cc1. The quantitative estimate of drug-likeness (QED) is 0.412. The highest BCUT2D eigenvalue weighted by Gasteiger charge is 2.32. The Labute approximate surface area is 169 Å². The molecule has 28 heavy (non-hydrogen) atoms. The highest BCUT2D eigenvalue weighted by atomic mass is 16.7. The molecule has 0 fully saturated rings. The monoisotopic (exact) mass is 392 g/mol. The van der Waals surface area contributed by atoms with Gasteiger partial charge in [-0.3, -0.25) is 0 Å². The van der Waals surface area contributed by atoms with Crippen molar-refractivity contribution in [3.8, 4) is 0 Å². The zero-order chi connectivity index (χ0) is 20.9. The Morgan fingerprint density at radius 2 is 1.46 bits per heavy atom. The van der Waals surface area contributed by atoms with Crippen molar-refractivity contribution in [1.82, 2.24) is 0 Å². The molecule has 1 rings (SSSR count). The Hall–Kier alpha value is -2.04. The second-order valence-electron chi connectivity index (χ2n) is 6.97. The van der Waals surface area contributed by atoms with Gasteiger partial charge in [0.1, 0.15) is 12.2 Å². The van der Waals surface area contributed by atoms with Crippen molar-refractivity contribution in [3.05, 3.63) is 35.4 Å². The van der Waals surface area contributed by atoms with Crippen LogP contribution in [-0.2, 0) is 20.6 Å². The van der Waals surface area contributed by atoms with E-state index in [1.54, 1.807) is 6.92 Å². The van der Waals surface area contributed by atoms with E-state index >= 15 is 0 Å². The highest BCUT2D eigenvalue weighted by Crippen LogP contribution is 2.25. The summed E-state index contributed by atoms with van der Waals surface area (Å²) < 4.78 is 16.2. The summed E-state index contributed by atoms with van der Waals surface area (Å²) in [5, 5.41) is 0. The summed E-state index contributed by atoms with van der Waals surface area (Å²) in [6.45, 7) is 10.1. The molecule has 0 aliphatic rings. The van der Waals surface area contributed by atoms with E-state index < -0.39 is 6.16 Å². The molecular weight excluding hydrogens is 356 g/mol. The minimum Gasteiger partial charge on any atom is -0.458 e. The van der Waals surface area contributed by atoms with Crippen molar-refractivity contribution in [1.29, 1.82) is 0 Å². The molecule has 0 aromatic heterocycles. The van der Waals surface area contributed by atoms with Crippen LogP contribution in [0.3, 0.4) is 0 Å². The van der Waals surface area contributed by atoms with Crippen molar-refractivity contribution in [2.75, 3.05) is 6.61 Å². The molecule has 3 atom stereocenters. The summed E-state index contributed by atoms with van der Waals surface area (Å²) in [5.41, 5.74) is 1.78. The molecule has 3 unspecified atom stereocenters. The molecule has 0 aliphatic carbocycles. The normalized spacial score (nSPS) is 14.0. The van der Waals surface area contributed by atoms with E-state index in [-0.39, 0.29) is 30.7 Å². The zero-order valence-electron chi connectivity index (χ0n) is 18.0. The topological polar surface area (TPSA) is 61.8 Å². The van der Waals surface area contributed by atoms with Gasteiger partial charge in [0.2, 0.25) is 0 Å². The van der Waals surface area contributed by atoms with Crippen molar-refractivity contribution < 1.29 is 23.8 Å². The molecule has 0 radical (unpaired) electrons. The number of unbranched alkanes of at least 4 members (excludes halogenated alkanes) is 1. The van der Waals surface area contributed by atoms with Gasteiger partial charge in [-0.1, -0.05) is 46.2 Å². The van der Waals surface area contributed by atoms with E-state index in [4.69, 9.17) is 14.2 Å². The fraction of sp³-hybridized carbons (Fsp3) is 0.652. The van der Waals surface area contributed by atoms with Gasteiger partial charge in [0.15, 0.2) is 0 Å². The fourth-order valence-electron chi connectivity index (χ4n) is 3.38. The predicted molar refractivity (Wildman–Crippen MR) is 111 cm³/mol. The number of hydrogen-bond acceptors (Lipinski definition) is 5. The van der Waals surface area contributed by atoms with Crippen molar-refractivity contribution >= 4 is 12.1 Å². The lowest BCUT2D eigenvalue weighted by atomic mass is 9.89. The third-order valence-electron chi connectivity index (χ3n) is 5.01. The summed E-state index contributed by atoms with van der Waals surface area (Å²) in [5.74, 6) is -0.412. The van der Waals surface area contributed by atoms with Gasteiger partial charge in [-0.25, -0.2) is 9.59 Å². The Bertz CT molecular complexity index is 581. The van der Waals surface area contributed by atoms with E-state index in [1.807, 2.05) is 45.0 Å². The first kappa shape index (κ1) is 24.0. The lowest BCUT2D eigenvalue weighted by molar-refractivity contribution is -0.0446. The average molecular weight is 393 g/mol. The Balaban J connectivity index is 2.80. The van der Waals surface area contributed by atoms with E-state index in [9.17, 15) is 9.59 Å². The lowest BCUT2D eigenvalue weighted by Gasteiger charge is -2.31. The van der Waals surface area contributed by atoms with E-state index in [0.717, 1.165) is 25.7 Å². The molecule has 0 heterocycles. The molecule has 0 saturated heterocycles. The van der Waals surface area contributed by atoms with Crippen LogP contribution in [0, 0.1) is 5.92 Å². The maximum absolute atomic E-state index is 12.6. The van der Waals surface area contributed by atoms with Gasteiger partial charge in [0, 0.05) is 5.92 Å². The minimum absolute atomic E-state index is 0.0767. The molecule has 0 amide bonds. The number of ether oxygens (including phenoxy) is 3. The van der Waals surface area contributed by atoms with Crippen LogP contribution in [0.4, 0.5) is 4.79 Å². The van der Waals surface area contributed by atoms with Gasteiger partial charge in [0.05, 0.1) is 12.2 Å².